The molecule has 1 N–H and O–H groups in total. The highest BCUT2D eigenvalue weighted by atomic mass is 35.5. The van der Waals surface area contributed by atoms with E-state index in [-0.39, 0.29) is 13.0 Å². The first-order valence-corrected chi connectivity index (χ1v) is 9.55. The fourth-order valence-electron chi connectivity index (χ4n) is 2.47. The third kappa shape index (κ3) is 4.88. The molecule has 8 heteroatoms. The summed E-state index contributed by atoms with van der Waals surface area (Å²) < 4.78 is 5.32. The zero-order valence-electron chi connectivity index (χ0n) is 15.0. The topological polar surface area (TPSA) is 79.7 Å². The Morgan fingerprint density at radius 1 is 1.14 bits per heavy atom. The van der Waals surface area contributed by atoms with Gasteiger partial charge in [0.25, 0.3) is 0 Å². The third-order valence-electron chi connectivity index (χ3n) is 3.88. The van der Waals surface area contributed by atoms with Gasteiger partial charge in [-0.15, -0.1) is 11.3 Å². The molecule has 1 aromatic heterocycles. The molecule has 0 fully saturated rings. The largest absolute Gasteiger partial charge is 0.481 e. The number of rotatable bonds is 6. The second-order valence-electron chi connectivity index (χ2n) is 5.94. The zero-order chi connectivity index (χ0) is 20.1. The molecule has 0 atom stereocenters. The van der Waals surface area contributed by atoms with Crippen LogP contribution in [0.25, 0.3) is 11.3 Å². The predicted molar refractivity (Wildman–Crippen MR) is 109 cm³/mol. The van der Waals surface area contributed by atoms with Crippen molar-refractivity contribution < 1.29 is 19.4 Å². The molecule has 2 aromatic carbocycles. The van der Waals surface area contributed by atoms with Gasteiger partial charge in [0, 0.05) is 22.5 Å². The summed E-state index contributed by atoms with van der Waals surface area (Å²) in [6, 6.07) is 16.3. The molecule has 0 aliphatic carbocycles. The molecule has 144 valence electrons. The van der Waals surface area contributed by atoms with Crippen molar-refractivity contribution in [2.75, 3.05) is 11.9 Å². The van der Waals surface area contributed by atoms with Crippen molar-refractivity contribution in [1.82, 2.24) is 4.98 Å². The molecule has 0 aliphatic heterocycles. The molecule has 0 aliphatic rings. The smallest absolute Gasteiger partial charge is 0.416 e. The quantitative estimate of drug-likeness (QED) is 0.620. The first kappa shape index (κ1) is 19.9. The fourth-order valence-corrected chi connectivity index (χ4v) is 3.62. The molecule has 28 heavy (non-hydrogen) atoms. The minimum absolute atomic E-state index is 0.140. The van der Waals surface area contributed by atoms with Gasteiger partial charge in [-0.1, -0.05) is 54.1 Å². The molecule has 0 radical (unpaired) electrons. The molecule has 3 rings (SSSR count). The Bertz CT molecular complexity index is 974. The number of thiazole rings is 1. The van der Waals surface area contributed by atoms with Crippen molar-refractivity contribution in [3.8, 4) is 11.3 Å². The minimum atomic E-state index is -0.972. The Morgan fingerprint density at radius 3 is 2.46 bits per heavy atom. The number of benzene rings is 2. The van der Waals surface area contributed by atoms with Crippen LogP contribution in [0.1, 0.15) is 10.4 Å². The van der Waals surface area contributed by atoms with Crippen LogP contribution in [0.4, 0.5) is 9.93 Å². The van der Waals surface area contributed by atoms with Crippen LogP contribution in [0.3, 0.4) is 0 Å². The number of carboxylic acids is 1. The van der Waals surface area contributed by atoms with E-state index in [1.807, 2.05) is 30.3 Å². The van der Waals surface area contributed by atoms with Gasteiger partial charge in [-0.05, 0) is 17.7 Å². The normalized spacial score (nSPS) is 10.5. The number of nitrogens with zero attached hydrogens (tertiary/aromatic N) is 2. The van der Waals surface area contributed by atoms with Crippen molar-refractivity contribution in [3.63, 3.8) is 0 Å². The van der Waals surface area contributed by atoms with Gasteiger partial charge in [0.1, 0.15) is 6.61 Å². The van der Waals surface area contributed by atoms with Crippen LogP contribution < -0.4 is 4.90 Å². The highest BCUT2D eigenvalue weighted by Crippen LogP contribution is 2.34. The summed E-state index contributed by atoms with van der Waals surface area (Å²) in [5, 5.41) is 10.1. The average molecular weight is 417 g/mol. The standard InChI is InChI=1S/C20H17ClN2O4S/c1-23(20(26)27-12-13-5-3-2-4-6-13)19-22-18(16(28-19)11-17(24)25)14-7-9-15(21)10-8-14/h2-10H,11-12H2,1H3,(H,24,25). The van der Waals surface area contributed by atoms with Crippen LogP contribution in [-0.4, -0.2) is 29.2 Å². The van der Waals surface area contributed by atoms with E-state index >= 15 is 0 Å². The second kappa shape index (κ2) is 8.86. The molecule has 0 spiro atoms. The molecule has 0 unspecified atom stereocenters. The van der Waals surface area contributed by atoms with Crippen molar-refractivity contribution in [1.29, 1.82) is 0 Å². The average Bonchev–Trinajstić information content (AvgIpc) is 3.10. The Labute approximate surface area is 171 Å². The number of hydrogen-bond donors (Lipinski definition) is 1. The lowest BCUT2D eigenvalue weighted by Crippen LogP contribution is -2.26. The van der Waals surface area contributed by atoms with Crippen LogP contribution >= 0.6 is 22.9 Å². The van der Waals surface area contributed by atoms with E-state index in [0.29, 0.717) is 20.7 Å². The molecular formula is C20H17ClN2O4S. The van der Waals surface area contributed by atoms with E-state index in [1.165, 1.54) is 4.90 Å². The number of carboxylic acid groups (broad SMARTS) is 1. The van der Waals surface area contributed by atoms with Gasteiger partial charge in [-0.2, -0.15) is 0 Å². The van der Waals surface area contributed by atoms with E-state index in [1.54, 1.807) is 31.3 Å². The highest BCUT2D eigenvalue weighted by molar-refractivity contribution is 7.16. The first-order chi connectivity index (χ1) is 13.4. The Balaban J connectivity index is 1.81. The Morgan fingerprint density at radius 2 is 1.82 bits per heavy atom. The van der Waals surface area contributed by atoms with E-state index < -0.39 is 12.1 Å². The van der Waals surface area contributed by atoms with E-state index in [2.05, 4.69) is 4.98 Å². The number of hydrogen-bond acceptors (Lipinski definition) is 5. The van der Waals surface area contributed by atoms with Gasteiger partial charge >= 0.3 is 12.1 Å². The van der Waals surface area contributed by atoms with Crippen LogP contribution in [0.15, 0.2) is 54.6 Å². The number of aromatic nitrogens is 1. The zero-order valence-corrected chi connectivity index (χ0v) is 16.5. The van der Waals surface area contributed by atoms with Gasteiger partial charge in [0.2, 0.25) is 0 Å². The van der Waals surface area contributed by atoms with Crippen molar-refractivity contribution in [2.45, 2.75) is 13.0 Å². The summed E-state index contributed by atoms with van der Waals surface area (Å²) in [4.78, 5) is 29.9. The van der Waals surface area contributed by atoms with E-state index in [4.69, 9.17) is 16.3 Å². The van der Waals surface area contributed by atoms with Crippen LogP contribution in [0, 0.1) is 0 Å². The van der Waals surface area contributed by atoms with Crippen LogP contribution in [0.5, 0.6) is 0 Å². The number of aliphatic carboxylic acids is 1. The predicted octanol–water partition coefficient (Wildman–Crippen LogP) is 4.86. The van der Waals surface area contributed by atoms with Crippen molar-refractivity contribution in [2.24, 2.45) is 0 Å². The van der Waals surface area contributed by atoms with Crippen LogP contribution in [-0.2, 0) is 22.6 Å². The van der Waals surface area contributed by atoms with Crippen molar-refractivity contribution in [3.05, 3.63) is 70.1 Å². The summed E-state index contributed by atoms with van der Waals surface area (Å²) >= 11 is 7.07. The maximum absolute atomic E-state index is 12.4. The number of carbonyl (C=O) groups excluding carboxylic acids is 1. The molecule has 0 bridgehead atoms. The molecular weight excluding hydrogens is 400 g/mol. The lowest BCUT2D eigenvalue weighted by atomic mass is 10.1. The van der Waals surface area contributed by atoms with Gasteiger partial charge in [-0.3, -0.25) is 9.69 Å². The summed E-state index contributed by atoms with van der Waals surface area (Å²) in [6.07, 6.45) is -0.759. The van der Waals surface area contributed by atoms with Gasteiger partial charge in [-0.25, -0.2) is 9.78 Å². The summed E-state index contributed by atoms with van der Waals surface area (Å²) in [5.74, 6) is -0.972. The number of anilines is 1. The van der Waals surface area contributed by atoms with Crippen LogP contribution in [0.2, 0.25) is 5.02 Å². The fraction of sp³-hybridized carbons (Fsp3) is 0.150. The monoisotopic (exact) mass is 416 g/mol. The molecule has 0 saturated heterocycles. The molecule has 1 amide bonds. The lowest BCUT2D eigenvalue weighted by molar-refractivity contribution is -0.136. The van der Waals surface area contributed by atoms with Gasteiger partial charge in [0.15, 0.2) is 5.13 Å². The highest BCUT2D eigenvalue weighted by Gasteiger charge is 2.21. The second-order valence-corrected chi connectivity index (χ2v) is 7.44. The minimum Gasteiger partial charge on any atom is -0.481 e. The summed E-state index contributed by atoms with van der Waals surface area (Å²) in [5.41, 5.74) is 2.12. The maximum Gasteiger partial charge on any atom is 0.416 e. The van der Waals surface area contributed by atoms with E-state index in [0.717, 1.165) is 22.5 Å². The lowest BCUT2D eigenvalue weighted by Gasteiger charge is -2.13. The molecule has 3 aromatic rings. The molecule has 1 heterocycles. The maximum atomic E-state index is 12.4. The third-order valence-corrected chi connectivity index (χ3v) is 5.27. The van der Waals surface area contributed by atoms with Crippen molar-refractivity contribution >= 4 is 40.1 Å². The Hall–Kier alpha value is -2.90. The number of amides is 1. The van der Waals surface area contributed by atoms with Gasteiger partial charge in [0.05, 0.1) is 12.1 Å². The summed E-state index contributed by atoms with van der Waals surface area (Å²) in [6.45, 7) is 0.140. The first-order valence-electron chi connectivity index (χ1n) is 8.36. The number of halogens is 1. The number of ether oxygens (including phenoxy) is 1. The van der Waals surface area contributed by atoms with Gasteiger partial charge < -0.3 is 9.84 Å². The SMILES string of the molecule is CN(C(=O)OCc1ccccc1)c1nc(-c2ccc(Cl)cc2)c(CC(=O)O)s1. The summed E-state index contributed by atoms with van der Waals surface area (Å²) in [7, 11) is 1.54. The molecule has 0 saturated carbocycles. The van der Waals surface area contributed by atoms with E-state index in [9.17, 15) is 14.7 Å². The number of carbonyl (C=O) groups is 2. The molecule has 6 nitrogen and oxygen atoms in total. The Kier molecular flexibility index (Phi) is 6.28.